The summed E-state index contributed by atoms with van der Waals surface area (Å²) >= 11 is -1.79. The van der Waals surface area contributed by atoms with Gasteiger partial charge in [-0.25, -0.2) is 0 Å². The average Bonchev–Trinajstić information content (AvgIpc) is 2.31. The molecule has 0 saturated carbocycles. The molecule has 1 aliphatic heterocycles. The second-order valence-corrected chi connectivity index (χ2v) is 5.12. The minimum absolute atomic E-state index is 0.452. The summed E-state index contributed by atoms with van der Waals surface area (Å²) in [7, 11) is 0. The van der Waals surface area contributed by atoms with Crippen LogP contribution in [0.4, 0.5) is 13.2 Å². The van der Waals surface area contributed by atoms with Gasteiger partial charge in [0.2, 0.25) is 0 Å². The van der Waals surface area contributed by atoms with Gasteiger partial charge in [0.1, 0.15) is 0 Å². The Labute approximate surface area is 85.2 Å². The zero-order valence-corrected chi connectivity index (χ0v) is 9.03. The fraction of sp³-hybridized carbons (Fsp3) is 0.125. The van der Waals surface area contributed by atoms with Crippen LogP contribution in [-0.2, 0) is 4.79 Å². The Morgan fingerprint density at radius 3 is 2.71 bits per heavy atom. The number of carbonyl (C=O) groups excluding carboxylic acids is 1. The molecule has 0 aliphatic carbocycles. The van der Waals surface area contributed by atoms with E-state index in [0.717, 1.165) is 0 Å². The molecule has 0 spiro atoms. The van der Waals surface area contributed by atoms with Gasteiger partial charge in [0.15, 0.2) is 0 Å². The molecule has 0 radical (unpaired) electrons. The van der Waals surface area contributed by atoms with Crippen LogP contribution in [0, 0.1) is 0 Å². The van der Waals surface area contributed by atoms with Crippen molar-refractivity contribution in [2.24, 2.45) is 0 Å². The van der Waals surface area contributed by atoms with Gasteiger partial charge in [0.05, 0.1) is 0 Å². The molecule has 6 heteroatoms. The molecule has 0 aromatic heterocycles. The number of alkyl halides is 3. The van der Waals surface area contributed by atoms with Gasteiger partial charge >= 0.3 is 84.8 Å². The number of halogens is 3. The number of hydrogen-bond donors (Lipinski definition) is 1. The standard InChI is InChI=1S/C8H7AsF3NO/c10-8(11,12)7(14)9-6-2-1-4-13-5-3-6/h1-5,9,13H. The molecular formula is C8H7AsF3NO. The molecule has 1 unspecified atom stereocenters. The topological polar surface area (TPSA) is 29.1 Å². The average molecular weight is 265 g/mol. The number of nitrogens with one attached hydrogen (secondary N) is 1. The van der Waals surface area contributed by atoms with Gasteiger partial charge in [-0.15, -0.1) is 0 Å². The first-order valence-corrected chi connectivity index (χ1v) is 5.77. The normalized spacial score (nSPS) is 16.6. The number of carbonyl (C=O) groups is 1. The fourth-order valence-corrected chi connectivity index (χ4v) is 2.32. The first-order chi connectivity index (χ1) is 6.50. The summed E-state index contributed by atoms with van der Waals surface area (Å²) in [6.07, 6.45) is 2.96. The fourth-order valence-electron chi connectivity index (χ4n) is 0.742. The van der Waals surface area contributed by atoms with Gasteiger partial charge in [-0.05, 0) is 0 Å². The molecule has 0 aromatic rings. The van der Waals surface area contributed by atoms with E-state index in [1.165, 1.54) is 18.4 Å². The van der Waals surface area contributed by atoms with E-state index in [2.05, 4.69) is 5.32 Å². The number of hydrogen-bond acceptors (Lipinski definition) is 2. The van der Waals surface area contributed by atoms with Crippen molar-refractivity contribution in [3.05, 3.63) is 35.0 Å². The molecule has 1 aliphatic rings. The molecule has 0 amide bonds. The van der Waals surface area contributed by atoms with Crippen molar-refractivity contribution in [3.63, 3.8) is 0 Å². The molecule has 0 aromatic carbocycles. The summed E-state index contributed by atoms with van der Waals surface area (Å²) in [5.74, 6) is 0. The van der Waals surface area contributed by atoms with Gasteiger partial charge in [0, 0.05) is 0 Å². The van der Waals surface area contributed by atoms with Gasteiger partial charge < -0.3 is 0 Å². The second kappa shape index (κ2) is 4.51. The zero-order valence-electron chi connectivity index (χ0n) is 6.93. The van der Waals surface area contributed by atoms with Gasteiger partial charge in [-0.2, -0.15) is 0 Å². The first kappa shape index (κ1) is 11.1. The monoisotopic (exact) mass is 265 g/mol. The van der Waals surface area contributed by atoms with Crippen LogP contribution in [0.2, 0.25) is 0 Å². The van der Waals surface area contributed by atoms with Gasteiger partial charge in [0.25, 0.3) is 0 Å². The predicted octanol–water partition coefficient (Wildman–Crippen LogP) is 1.03. The Kier molecular flexibility index (Phi) is 3.58. The Morgan fingerprint density at radius 2 is 2.07 bits per heavy atom. The van der Waals surface area contributed by atoms with E-state index in [0.29, 0.717) is 4.36 Å². The summed E-state index contributed by atoms with van der Waals surface area (Å²) in [5.41, 5.74) is 0. The SMILES string of the molecule is O=C([AsH]C1=CC=CNC=C1)C(F)(F)F. The summed E-state index contributed by atoms with van der Waals surface area (Å²) < 4.78 is 34.6. The van der Waals surface area contributed by atoms with E-state index in [4.69, 9.17) is 0 Å². The van der Waals surface area contributed by atoms with Crippen LogP contribution >= 0.6 is 0 Å². The molecule has 0 saturated heterocycles. The van der Waals surface area contributed by atoms with Crippen LogP contribution in [0.15, 0.2) is 35.0 Å². The predicted molar refractivity (Wildman–Crippen MR) is 47.7 cm³/mol. The molecule has 0 bridgehead atoms. The third kappa shape index (κ3) is 3.42. The maximum atomic E-state index is 11.9. The van der Waals surface area contributed by atoms with Crippen molar-refractivity contribution in [2.45, 2.75) is 6.18 Å². The van der Waals surface area contributed by atoms with E-state index in [1.807, 2.05) is 0 Å². The van der Waals surface area contributed by atoms with Crippen molar-refractivity contribution in [1.82, 2.24) is 5.32 Å². The summed E-state index contributed by atoms with van der Waals surface area (Å²) in [6, 6.07) is 0. The third-order valence-corrected chi connectivity index (χ3v) is 3.72. The maximum absolute atomic E-state index is 11.9. The zero-order chi connectivity index (χ0) is 10.6. The molecule has 76 valence electrons. The molecule has 14 heavy (non-hydrogen) atoms. The number of rotatable bonds is 2. The second-order valence-electron chi connectivity index (χ2n) is 2.43. The molecule has 1 rings (SSSR count). The van der Waals surface area contributed by atoms with Crippen LogP contribution in [-0.4, -0.2) is 26.5 Å². The van der Waals surface area contributed by atoms with Crippen molar-refractivity contribution in [2.75, 3.05) is 0 Å². The van der Waals surface area contributed by atoms with Crippen molar-refractivity contribution >= 4 is 20.3 Å². The van der Waals surface area contributed by atoms with Crippen molar-refractivity contribution in [3.8, 4) is 0 Å². The summed E-state index contributed by atoms with van der Waals surface area (Å²) in [6.45, 7) is 0. The van der Waals surface area contributed by atoms with E-state index < -0.39 is 26.5 Å². The quantitative estimate of drug-likeness (QED) is 0.755. The molecule has 1 N–H and O–H groups in total. The Hall–Kier alpha value is -0.962. The van der Waals surface area contributed by atoms with Crippen molar-refractivity contribution < 1.29 is 18.0 Å². The van der Waals surface area contributed by atoms with E-state index >= 15 is 0 Å². The number of allylic oxidation sites excluding steroid dienone is 4. The van der Waals surface area contributed by atoms with Crippen LogP contribution in [0.5, 0.6) is 0 Å². The Bertz CT molecular complexity index is 317. The van der Waals surface area contributed by atoms with Crippen LogP contribution < -0.4 is 5.32 Å². The third-order valence-electron chi connectivity index (χ3n) is 1.34. The van der Waals surface area contributed by atoms with Crippen LogP contribution in [0.3, 0.4) is 0 Å². The van der Waals surface area contributed by atoms with E-state index in [-0.39, 0.29) is 0 Å². The van der Waals surface area contributed by atoms with Crippen molar-refractivity contribution in [1.29, 1.82) is 0 Å². The summed E-state index contributed by atoms with van der Waals surface area (Å²) in [5, 5.41) is 2.70. The van der Waals surface area contributed by atoms with Gasteiger partial charge in [-0.3, -0.25) is 0 Å². The molecule has 1 heterocycles. The summed E-state index contributed by atoms with van der Waals surface area (Å²) in [4.78, 5) is 10.7. The molecule has 2 nitrogen and oxygen atoms in total. The Balaban J connectivity index is 2.65. The van der Waals surface area contributed by atoms with Gasteiger partial charge in [-0.1, -0.05) is 0 Å². The van der Waals surface area contributed by atoms with Crippen LogP contribution in [0.1, 0.15) is 0 Å². The first-order valence-electron chi connectivity index (χ1n) is 3.68. The van der Waals surface area contributed by atoms with Crippen LogP contribution in [0.25, 0.3) is 0 Å². The Morgan fingerprint density at radius 1 is 1.36 bits per heavy atom. The molecule has 0 fully saturated rings. The molecular weight excluding hydrogens is 258 g/mol. The van der Waals surface area contributed by atoms with E-state index in [9.17, 15) is 18.0 Å². The molecule has 1 atom stereocenters. The minimum atomic E-state index is -4.70. The van der Waals surface area contributed by atoms with E-state index in [1.54, 1.807) is 12.3 Å².